The molecule has 1 aromatic carbocycles. The van der Waals surface area contributed by atoms with Gasteiger partial charge in [-0.15, -0.1) is 0 Å². The molecule has 8 nitrogen and oxygen atoms in total. The van der Waals surface area contributed by atoms with Gasteiger partial charge in [0.25, 0.3) is 0 Å². The number of nitrogens with one attached hydrogen (secondary N) is 1. The van der Waals surface area contributed by atoms with Gasteiger partial charge >= 0.3 is 0 Å². The zero-order valence-electron chi connectivity index (χ0n) is 21.1. The number of nitrogens with zero attached hydrogens (tertiary/aromatic N) is 7. The summed E-state index contributed by atoms with van der Waals surface area (Å²) in [5.41, 5.74) is 5.60. The number of likely N-dealkylation sites (N-methyl/N-ethyl adjacent to an activating group) is 1. The van der Waals surface area contributed by atoms with Crippen molar-refractivity contribution in [1.82, 2.24) is 34.7 Å². The Morgan fingerprint density at radius 1 is 0.833 bits per heavy atom. The minimum absolute atomic E-state index is 0.575. The molecule has 184 valence electrons. The van der Waals surface area contributed by atoms with Gasteiger partial charge in [-0.2, -0.15) is 0 Å². The number of pyridine rings is 1. The molecule has 4 heterocycles. The first-order valence-corrected chi connectivity index (χ1v) is 12.4. The number of aryl methyl sites for hydroxylation is 2. The lowest BCUT2D eigenvalue weighted by Crippen LogP contribution is -2.43. The Hall–Kier alpha value is -3.75. The Labute approximate surface area is 212 Å². The van der Waals surface area contributed by atoms with Crippen molar-refractivity contribution in [3.8, 4) is 11.5 Å². The summed E-state index contributed by atoms with van der Waals surface area (Å²) in [4.78, 5) is 27.7. The minimum Gasteiger partial charge on any atom is -0.325 e. The fraction of sp³-hybridized carbons (Fsp3) is 0.321. The maximum atomic E-state index is 4.74. The lowest BCUT2D eigenvalue weighted by atomic mass is 10.0. The molecule has 1 fully saturated rings. The second-order valence-electron chi connectivity index (χ2n) is 9.43. The zero-order valence-corrected chi connectivity index (χ0v) is 21.1. The third-order valence-electron chi connectivity index (χ3n) is 6.50. The average molecular weight is 481 g/mol. The first kappa shape index (κ1) is 24.0. The Balaban J connectivity index is 1.28. The lowest BCUT2D eigenvalue weighted by Gasteiger charge is -2.32. The van der Waals surface area contributed by atoms with Crippen molar-refractivity contribution in [3.05, 3.63) is 89.1 Å². The third kappa shape index (κ3) is 6.08. The highest BCUT2D eigenvalue weighted by atomic mass is 15.2. The van der Waals surface area contributed by atoms with Gasteiger partial charge < -0.3 is 10.2 Å². The highest BCUT2D eigenvalue weighted by molar-refractivity contribution is 5.56. The van der Waals surface area contributed by atoms with Crippen LogP contribution < -0.4 is 5.32 Å². The van der Waals surface area contributed by atoms with Crippen LogP contribution in [0.15, 0.2) is 60.9 Å². The summed E-state index contributed by atoms with van der Waals surface area (Å²) >= 11 is 0. The van der Waals surface area contributed by atoms with Crippen molar-refractivity contribution >= 4 is 11.6 Å². The first-order valence-electron chi connectivity index (χ1n) is 12.4. The summed E-state index contributed by atoms with van der Waals surface area (Å²) in [5.74, 6) is 2.71. The molecule has 0 aliphatic carbocycles. The van der Waals surface area contributed by atoms with E-state index in [-0.39, 0.29) is 0 Å². The molecule has 0 atom stereocenters. The molecule has 0 unspecified atom stereocenters. The van der Waals surface area contributed by atoms with E-state index < -0.39 is 0 Å². The summed E-state index contributed by atoms with van der Waals surface area (Å²) in [6.07, 6.45) is 4.19. The van der Waals surface area contributed by atoms with E-state index in [1.807, 2.05) is 37.3 Å². The molecule has 1 aliphatic heterocycles. The molecule has 4 aromatic rings. The molecule has 1 saturated heterocycles. The van der Waals surface area contributed by atoms with Crippen LogP contribution in [0.4, 0.5) is 11.6 Å². The Morgan fingerprint density at radius 3 is 2.42 bits per heavy atom. The Morgan fingerprint density at radius 2 is 1.61 bits per heavy atom. The number of anilines is 2. The second-order valence-corrected chi connectivity index (χ2v) is 9.43. The minimum atomic E-state index is 0.575. The molecule has 0 spiro atoms. The molecule has 36 heavy (non-hydrogen) atoms. The van der Waals surface area contributed by atoms with E-state index in [1.54, 1.807) is 12.4 Å². The molecule has 0 bridgehead atoms. The second kappa shape index (κ2) is 10.9. The van der Waals surface area contributed by atoms with Crippen LogP contribution in [0, 0.1) is 13.8 Å². The molecule has 8 heteroatoms. The van der Waals surface area contributed by atoms with Gasteiger partial charge in [0.2, 0.25) is 0 Å². The van der Waals surface area contributed by atoms with Crippen molar-refractivity contribution in [2.75, 3.05) is 38.5 Å². The summed E-state index contributed by atoms with van der Waals surface area (Å²) in [6, 6.07) is 16.2. The van der Waals surface area contributed by atoms with Crippen LogP contribution in [0.25, 0.3) is 11.5 Å². The van der Waals surface area contributed by atoms with Crippen LogP contribution >= 0.6 is 0 Å². The molecule has 0 amide bonds. The molecule has 5 rings (SSSR count). The number of aromatic nitrogens is 5. The SMILES string of the molecule is Cc1cccc(-c2nccc(Nc3ccnc(Cc4ccc(C)c(CN5CCN(C)CC5)c4)n3)n2)n1. The van der Waals surface area contributed by atoms with Gasteiger partial charge in [0, 0.05) is 57.2 Å². The van der Waals surface area contributed by atoms with Crippen molar-refractivity contribution in [3.63, 3.8) is 0 Å². The standard InChI is InChI=1S/C28H32N8/c1-20-7-8-22(17-23(20)19-36-15-13-35(3)14-16-36)18-27-29-11-9-25(33-27)32-26-10-12-30-28(34-26)24-6-4-5-21(2)31-24/h4-12,17H,13-16,18-19H2,1-3H3,(H,29,30,32,33,34). The van der Waals surface area contributed by atoms with Crippen LogP contribution in [0.5, 0.6) is 0 Å². The average Bonchev–Trinajstić information content (AvgIpc) is 2.88. The van der Waals surface area contributed by atoms with Crippen LogP contribution in [0.3, 0.4) is 0 Å². The summed E-state index contributed by atoms with van der Waals surface area (Å²) < 4.78 is 0. The van der Waals surface area contributed by atoms with Crippen LogP contribution in [0.2, 0.25) is 0 Å². The van der Waals surface area contributed by atoms with Crippen molar-refractivity contribution in [1.29, 1.82) is 0 Å². The van der Waals surface area contributed by atoms with E-state index in [0.29, 0.717) is 23.9 Å². The van der Waals surface area contributed by atoms with Crippen molar-refractivity contribution in [2.24, 2.45) is 0 Å². The fourth-order valence-corrected chi connectivity index (χ4v) is 4.34. The Bertz CT molecular complexity index is 1330. The van der Waals surface area contributed by atoms with Crippen molar-refractivity contribution in [2.45, 2.75) is 26.8 Å². The fourth-order valence-electron chi connectivity index (χ4n) is 4.34. The van der Waals surface area contributed by atoms with Gasteiger partial charge in [0.15, 0.2) is 5.82 Å². The summed E-state index contributed by atoms with van der Waals surface area (Å²) in [6.45, 7) is 9.62. The molecule has 0 saturated carbocycles. The van der Waals surface area contributed by atoms with E-state index in [2.05, 4.69) is 67.2 Å². The third-order valence-corrected chi connectivity index (χ3v) is 6.50. The molecular formula is C28H32N8. The zero-order chi connectivity index (χ0) is 24.9. The van der Waals surface area contributed by atoms with E-state index in [4.69, 9.17) is 4.98 Å². The van der Waals surface area contributed by atoms with E-state index in [9.17, 15) is 0 Å². The van der Waals surface area contributed by atoms with E-state index in [0.717, 1.165) is 49.9 Å². The lowest BCUT2D eigenvalue weighted by molar-refractivity contribution is 0.148. The summed E-state index contributed by atoms with van der Waals surface area (Å²) in [7, 11) is 2.19. The highest BCUT2D eigenvalue weighted by Gasteiger charge is 2.15. The number of hydrogen-bond acceptors (Lipinski definition) is 8. The monoisotopic (exact) mass is 480 g/mol. The predicted octanol–water partition coefficient (Wildman–Crippen LogP) is 4.03. The van der Waals surface area contributed by atoms with Gasteiger partial charge in [-0.1, -0.05) is 24.3 Å². The van der Waals surface area contributed by atoms with Crippen LogP contribution in [-0.4, -0.2) is 67.9 Å². The smallest absolute Gasteiger partial charge is 0.180 e. The number of benzene rings is 1. The van der Waals surface area contributed by atoms with Gasteiger partial charge in [0.1, 0.15) is 23.2 Å². The van der Waals surface area contributed by atoms with Crippen LogP contribution in [-0.2, 0) is 13.0 Å². The normalized spacial score (nSPS) is 14.6. The Kier molecular flexibility index (Phi) is 7.25. The maximum Gasteiger partial charge on any atom is 0.180 e. The number of rotatable bonds is 7. The summed E-state index contributed by atoms with van der Waals surface area (Å²) in [5, 5.41) is 3.29. The van der Waals surface area contributed by atoms with Crippen molar-refractivity contribution < 1.29 is 0 Å². The first-order chi connectivity index (χ1) is 17.5. The van der Waals surface area contributed by atoms with E-state index >= 15 is 0 Å². The highest BCUT2D eigenvalue weighted by Crippen LogP contribution is 2.19. The number of piperazine rings is 1. The molecule has 1 aliphatic rings. The predicted molar refractivity (Wildman–Crippen MR) is 142 cm³/mol. The molecule has 0 radical (unpaired) electrons. The van der Waals surface area contributed by atoms with Crippen LogP contribution in [0.1, 0.15) is 28.2 Å². The largest absolute Gasteiger partial charge is 0.325 e. The molecule has 3 aromatic heterocycles. The van der Waals surface area contributed by atoms with E-state index in [1.165, 1.54) is 16.7 Å². The molecular weight excluding hydrogens is 448 g/mol. The number of hydrogen-bond donors (Lipinski definition) is 1. The van der Waals surface area contributed by atoms with Gasteiger partial charge in [-0.05, 0) is 61.9 Å². The van der Waals surface area contributed by atoms with Gasteiger partial charge in [0.05, 0.1) is 0 Å². The quantitative estimate of drug-likeness (QED) is 0.425. The van der Waals surface area contributed by atoms with Gasteiger partial charge in [-0.25, -0.2) is 24.9 Å². The molecule has 1 N–H and O–H groups in total. The van der Waals surface area contributed by atoms with Gasteiger partial charge in [-0.3, -0.25) is 4.90 Å². The topological polar surface area (TPSA) is 83.0 Å². The maximum absolute atomic E-state index is 4.74.